The molecule has 6 rings (SSSR count). The van der Waals surface area contributed by atoms with Crippen LogP contribution in [0.3, 0.4) is 0 Å². The average molecular weight is 474 g/mol. The van der Waals surface area contributed by atoms with E-state index in [-0.39, 0.29) is 23.4 Å². The molecule has 2 unspecified atom stereocenters. The first kappa shape index (κ1) is 22.3. The van der Waals surface area contributed by atoms with Crippen LogP contribution in [0.15, 0.2) is 35.1 Å². The Kier molecular flexibility index (Phi) is 6.19. The zero-order chi connectivity index (χ0) is 23.0. The van der Waals surface area contributed by atoms with E-state index in [9.17, 15) is 4.39 Å². The molecule has 9 heteroatoms. The second-order valence-electron chi connectivity index (χ2n) is 9.89. The number of anilines is 1. The van der Waals surface area contributed by atoms with Gasteiger partial charge in [0.05, 0.1) is 45.7 Å². The van der Waals surface area contributed by atoms with Crippen LogP contribution >= 0.6 is 0 Å². The first-order chi connectivity index (χ1) is 16.7. The highest BCUT2D eigenvalue weighted by molar-refractivity contribution is 5.38. The molecule has 4 saturated heterocycles. The maximum atomic E-state index is 14.1. The monoisotopic (exact) mass is 473 g/mol. The van der Waals surface area contributed by atoms with E-state index in [1.165, 1.54) is 6.07 Å². The topological polar surface area (TPSA) is 69.4 Å². The van der Waals surface area contributed by atoms with Crippen molar-refractivity contribution in [1.82, 2.24) is 9.88 Å². The molecule has 8 nitrogen and oxygen atoms in total. The summed E-state index contributed by atoms with van der Waals surface area (Å²) in [5, 5.41) is 0. The Morgan fingerprint density at radius 2 is 2.03 bits per heavy atom. The molecule has 2 atom stereocenters. The van der Waals surface area contributed by atoms with Gasteiger partial charge in [-0.1, -0.05) is 0 Å². The molecular weight excluding hydrogens is 441 g/mol. The SMILES string of the molecule is Fc1ccc(OCC2COCCO2)c(C2CCN(C3COC4(C3)CN(c3ncco3)C4)CC2)c1. The van der Waals surface area contributed by atoms with Crippen LogP contribution in [0.5, 0.6) is 5.75 Å². The van der Waals surface area contributed by atoms with Crippen LogP contribution in [0.25, 0.3) is 0 Å². The number of oxazole rings is 1. The third-order valence-electron chi connectivity index (χ3n) is 7.60. The summed E-state index contributed by atoms with van der Waals surface area (Å²) in [6.07, 6.45) is 6.21. The van der Waals surface area contributed by atoms with E-state index >= 15 is 0 Å². The normalized spacial score (nSPS) is 27.7. The number of piperidine rings is 1. The second-order valence-corrected chi connectivity index (χ2v) is 9.89. The van der Waals surface area contributed by atoms with E-state index < -0.39 is 0 Å². The Bertz CT molecular complexity index is 953. The Labute approximate surface area is 198 Å². The molecule has 4 fully saturated rings. The lowest BCUT2D eigenvalue weighted by molar-refractivity contribution is -0.101. The smallest absolute Gasteiger partial charge is 0.297 e. The molecule has 0 aliphatic carbocycles. The van der Waals surface area contributed by atoms with Crippen LogP contribution in [0.1, 0.15) is 30.7 Å². The number of hydrogen-bond acceptors (Lipinski definition) is 8. The van der Waals surface area contributed by atoms with Gasteiger partial charge in [0.15, 0.2) is 0 Å². The predicted octanol–water partition coefficient (Wildman–Crippen LogP) is 2.84. The second kappa shape index (κ2) is 9.45. The number of rotatable bonds is 6. The zero-order valence-electron chi connectivity index (χ0n) is 19.4. The Hall–Kier alpha value is -2.20. The molecule has 184 valence electrons. The minimum atomic E-state index is -0.214. The average Bonchev–Trinajstić information content (AvgIpc) is 3.54. The van der Waals surface area contributed by atoms with Crippen molar-refractivity contribution in [3.05, 3.63) is 42.0 Å². The predicted molar refractivity (Wildman–Crippen MR) is 122 cm³/mol. The van der Waals surface area contributed by atoms with Gasteiger partial charge in [0.25, 0.3) is 6.01 Å². The van der Waals surface area contributed by atoms with Crippen LogP contribution in [-0.2, 0) is 14.2 Å². The first-order valence-corrected chi connectivity index (χ1v) is 12.3. The molecule has 1 aromatic heterocycles. The summed E-state index contributed by atoms with van der Waals surface area (Å²) in [4.78, 5) is 8.91. The van der Waals surface area contributed by atoms with E-state index in [1.54, 1.807) is 24.6 Å². The number of likely N-dealkylation sites (tertiary alicyclic amines) is 1. The molecule has 4 aliphatic rings. The summed E-state index contributed by atoms with van der Waals surface area (Å²) in [5.41, 5.74) is 0.890. The fourth-order valence-corrected chi connectivity index (χ4v) is 5.79. The molecular formula is C25H32FN3O5. The summed E-state index contributed by atoms with van der Waals surface area (Å²) in [5.74, 6) is 0.831. The molecule has 0 radical (unpaired) electrons. The van der Waals surface area contributed by atoms with Crippen molar-refractivity contribution in [3.63, 3.8) is 0 Å². The minimum Gasteiger partial charge on any atom is -0.490 e. The van der Waals surface area contributed by atoms with E-state index in [0.29, 0.717) is 38.5 Å². The highest BCUT2D eigenvalue weighted by Crippen LogP contribution is 2.41. The standard InChI is InChI=1S/C25H32FN3O5/c26-19-1-2-23(33-15-21-14-30-9-10-31-21)22(11-19)18-3-6-28(7-4-18)20-12-25(34-13-20)16-29(17-25)24-27-5-8-32-24/h1-2,5,8,11,18,20-21H,3-4,6-7,9-10,12-17H2. The van der Waals surface area contributed by atoms with Crippen LogP contribution < -0.4 is 9.64 Å². The maximum Gasteiger partial charge on any atom is 0.297 e. The van der Waals surface area contributed by atoms with Crippen molar-refractivity contribution >= 4 is 6.01 Å². The van der Waals surface area contributed by atoms with Gasteiger partial charge in [-0.3, -0.25) is 4.90 Å². The lowest BCUT2D eigenvalue weighted by Crippen LogP contribution is -2.62. The van der Waals surface area contributed by atoms with E-state index in [2.05, 4.69) is 14.8 Å². The van der Waals surface area contributed by atoms with Gasteiger partial charge in [0, 0.05) is 11.6 Å². The van der Waals surface area contributed by atoms with Crippen molar-refractivity contribution < 1.29 is 27.8 Å². The van der Waals surface area contributed by atoms with Gasteiger partial charge in [0.1, 0.15) is 36.1 Å². The zero-order valence-corrected chi connectivity index (χ0v) is 19.4. The summed E-state index contributed by atoms with van der Waals surface area (Å²) in [6, 6.07) is 5.98. The van der Waals surface area contributed by atoms with Gasteiger partial charge in [0.2, 0.25) is 0 Å². The molecule has 0 amide bonds. The third-order valence-corrected chi connectivity index (χ3v) is 7.60. The Morgan fingerprint density at radius 3 is 2.79 bits per heavy atom. The van der Waals surface area contributed by atoms with Gasteiger partial charge >= 0.3 is 0 Å². The summed E-state index contributed by atoms with van der Waals surface area (Å²) < 4.78 is 43.0. The molecule has 1 aromatic carbocycles. The molecule has 4 aliphatic heterocycles. The van der Waals surface area contributed by atoms with Crippen LogP contribution in [0.4, 0.5) is 10.4 Å². The Balaban J connectivity index is 1.03. The highest BCUT2D eigenvalue weighted by atomic mass is 19.1. The van der Waals surface area contributed by atoms with Crippen molar-refractivity contribution in [2.45, 2.75) is 42.9 Å². The van der Waals surface area contributed by atoms with E-state index in [4.69, 9.17) is 23.4 Å². The number of benzene rings is 1. The van der Waals surface area contributed by atoms with Crippen LogP contribution in [0.2, 0.25) is 0 Å². The highest BCUT2D eigenvalue weighted by Gasteiger charge is 2.52. The maximum absolute atomic E-state index is 14.1. The molecule has 0 saturated carbocycles. The largest absolute Gasteiger partial charge is 0.490 e. The van der Waals surface area contributed by atoms with E-state index in [1.807, 2.05) is 0 Å². The van der Waals surface area contributed by atoms with Gasteiger partial charge in [-0.05, 0) is 56.5 Å². The van der Waals surface area contributed by atoms with Crippen molar-refractivity contribution in [2.24, 2.45) is 0 Å². The number of halogens is 1. The molecule has 34 heavy (non-hydrogen) atoms. The van der Waals surface area contributed by atoms with Crippen molar-refractivity contribution in [1.29, 1.82) is 0 Å². The number of ether oxygens (including phenoxy) is 4. The number of aromatic nitrogens is 1. The fourth-order valence-electron chi connectivity index (χ4n) is 5.79. The Morgan fingerprint density at radius 1 is 1.15 bits per heavy atom. The van der Waals surface area contributed by atoms with Gasteiger partial charge in [-0.15, -0.1) is 0 Å². The molecule has 1 spiro atoms. The molecule has 0 bridgehead atoms. The first-order valence-electron chi connectivity index (χ1n) is 12.3. The van der Waals surface area contributed by atoms with Crippen LogP contribution in [-0.4, -0.2) is 86.8 Å². The van der Waals surface area contributed by atoms with E-state index in [0.717, 1.165) is 63.4 Å². The molecule has 5 heterocycles. The molecule has 2 aromatic rings. The third kappa shape index (κ3) is 4.54. The van der Waals surface area contributed by atoms with Gasteiger partial charge < -0.3 is 28.3 Å². The minimum absolute atomic E-state index is 0.0748. The quantitative estimate of drug-likeness (QED) is 0.635. The molecule has 0 N–H and O–H groups in total. The number of hydrogen-bond donors (Lipinski definition) is 0. The number of nitrogens with zero attached hydrogens (tertiary/aromatic N) is 3. The lowest BCUT2D eigenvalue weighted by Gasteiger charge is -2.46. The van der Waals surface area contributed by atoms with Crippen molar-refractivity contribution in [2.75, 3.05) is 64.1 Å². The lowest BCUT2D eigenvalue weighted by atomic mass is 9.86. The fraction of sp³-hybridized carbons (Fsp3) is 0.640. The van der Waals surface area contributed by atoms with Crippen LogP contribution in [0, 0.1) is 5.82 Å². The van der Waals surface area contributed by atoms with Crippen molar-refractivity contribution in [3.8, 4) is 5.75 Å². The summed E-state index contributed by atoms with van der Waals surface area (Å²) in [7, 11) is 0. The van der Waals surface area contributed by atoms with Gasteiger partial charge in [-0.2, -0.15) is 0 Å². The summed E-state index contributed by atoms with van der Waals surface area (Å²) >= 11 is 0. The summed E-state index contributed by atoms with van der Waals surface area (Å²) in [6.45, 7) is 6.57. The van der Waals surface area contributed by atoms with Gasteiger partial charge in [-0.25, -0.2) is 9.37 Å².